The minimum absolute atomic E-state index is 0.0797. The van der Waals surface area contributed by atoms with Crippen molar-refractivity contribution in [3.05, 3.63) is 70.0 Å². The van der Waals surface area contributed by atoms with Gasteiger partial charge in [0.15, 0.2) is 5.82 Å². The van der Waals surface area contributed by atoms with Crippen LogP contribution in [0.4, 0.5) is 4.39 Å². The van der Waals surface area contributed by atoms with E-state index in [9.17, 15) is 14.0 Å². The van der Waals surface area contributed by atoms with Crippen molar-refractivity contribution in [2.45, 2.75) is 6.42 Å². The second-order valence-electron chi connectivity index (χ2n) is 6.14. The quantitative estimate of drug-likeness (QED) is 0.594. The summed E-state index contributed by atoms with van der Waals surface area (Å²) in [6.07, 6.45) is 3.42. The molecule has 2 heterocycles. The van der Waals surface area contributed by atoms with E-state index in [0.29, 0.717) is 25.1 Å². The molecule has 1 amide bonds. The van der Waals surface area contributed by atoms with Crippen LogP contribution in [0.1, 0.15) is 22.3 Å². The minimum atomic E-state index is -0.666. The summed E-state index contributed by atoms with van der Waals surface area (Å²) < 4.78 is 20.3. The molecule has 148 valence electrons. The van der Waals surface area contributed by atoms with Gasteiger partial charge >= 0.3 is 0 Å². The average Bonchev–Trinajstić information content (AvgIpc) is 3.12. The van der Waals surface area contributed by atoms with Crippen molar-refractivity contribution in [1.29, 1.82) is 5.26 Å². The SMILES string of the molecule is COCCCNC(=O)c1ccc(-n2[nH]cc(-c3ccc(C#N)cc3F)c2=O)nc1. The predicted molar refractivity (Wildman–Crippen MR) is 103 cm³/mol. The molecular weight excluding hydrogens is 377 g/mol. The van der Waals surface area contributed by atoms with E-state index < -0.39 is 11.4 Å². The number of hydrogen-bond acceptors (Lipinski definition) is 5. The van der Waals surface area contributed by atoms with Gasteiger partial charge in [0.25, 0.3) is 11.5 Å². The van der Waals surface area contributed by atoms with Crippen LogP contribution in [-0.2, 0) is 4.74 Å². The Morgan fingerprint density at radius 3 is 2.83 bits per heavy atom. The molecule has 0 saturated carbocycles. The zero-order valence-corrected chi connectivity index (χ0v) is 15.6. The molecule has 0 unspecified atom stereocenters. The molecule has 0 saturated heterocycles. The molecule has 2 aromatic heterocycles. The van der Waals surface area contributed by atoms with E-state index in [1.54, 1.807) is 13.2 Å². The smallest absolute Gasteiger partial charge is 0.280 e. The second-order valence-corrected chi connectivity index (χ2v) is 6.14. The molecule has 0 aliphatic carbocycles. The maximum atomic E-state index is 14.2. The molecule has 1 aromatic carbocycles. The van der Waals surface area contributed by atoms with Gasteiger partial charge in [0.05, 0.1) is 22.8 Å². The summed E-state index contributed by atoms with van der Waals surface area (Å²) in [4.78, 5) is 28.9. The number of H-pyrrole nitrogens is 1. The molecule has 8 nitrogen and oxygen atoms in total. The van der Waals surface area contributed by atoms with Gasteiger partial charge in [-0.2, -0.15) is 5.26 Å². The second kappa shape index (κ2) is 8.95. The summed E-state index contributed by atoms with van der Waals surface area (Å²) in [6.45, 7) is 1.03. The Balaban J connectivity index is 1.80. The largest absolute Gasteiger partial charge is 0.385 e. The van der Waals surface area contributed by atoms with E-state index in [2.05, 4.69) is 15.4 Å². The third kappa shape index (κ3) is 4.39. The first-order valence-electron chi connectivity index (χ1n) is 8.79. The van der Waals surface area contributed by atoms with E-state index in [1.165, 1.54) is 30.6 Å². The summed E-state index contributed by atoms with van der Waals surface area (Å²) in [5.74, 6) is -0.689. The van der Waals surface area contributed by atoms with E-state index >= 15 is 0 Å². The van der Waals surface area contributed by atoms with Crippen LogP contribution in [0.2, 0.25) is 0 Å². The number of carbonyl (C=O) groups excluding carboxylic acids is 1. The Morgan fingerprint density at radius 1 is 1.34 bits per heavy atom. The Bertz CT molecular complexity index is 1110. The third-order valence-corrected chi connectivity index (χ3v) is 4.21. The van der Waals surface area contributed by atoms with Crippen LogP contribution < -0.4 is 10.9 Å². The number of benzene rings is 1. The number of ether oxygens (including phenoxy) is 1. The van der Waals surface area contributed by atoms with Gasteiger partial charge in [-0.3, -0.25) is 14.7 Å². The molecule has 0 bridgehead atoms. The number of halogens is 1. The average molecular weight is 395 g/mol. The lowest BCUT2D eigenvalue weighted by molar-refractivity contribution is 0.0948. The van der Waals surface area contributed by atoms with E-state index in [-0.39, 0.29) is 28.4 Å². The lowest BCUT2D eigenvalue weighted by Gasteiger charge is -2.06. The number of rotatable bonds is 7. The molecule has 29 heavy (non-hydrogen) atoms. The Morgan fingerprint density at radius 2 is 2.17 bits per heavy atom. The monoisotopic (exact) mass is 395 g/mol. The Hall–Kier alpha value is -3.77. The highest BCUT2D eigenvalue weighted by Crippen LogP contribution is 2.20. The highest BCUT2D eigenvalue weighted by atomic mass is 19.1. The van der Waals surface area contributed by atoms with Crippen LogP contribution in [-0.4, -0.2) is 40.9 Å². The number of amides is 1. The molecule has 0 fully saturated rings. The van der Waals surface area contributed by atoms with Crippen LogP contribution in [0, 0.1) is 17.1 Å². The van der Waals surface area contributed by atoms with Crippen LogP contribution in [0.15, 0.2) is 47.5 Å². The van der Waals surface area contributed by atoms with Crippen LogP contribution in [0.5, 0.6) is 0 Å². The molecular formula is C20H18FN5O3. The Kier molecular flexibility index (Phi) is 6.16. The van der Waals surface area contributed by atoms with Crippen molar-refractivity contribution in [3.8, 4) is 23.0 Å². The topological polar surface area (TPSA) is 113 Å². The summed E-state index contributed by atoms with van der Waals surface area (Å²) in [6, 6.07) is 8.80. The van der Waals surface area contributed by atoms with Crippen molar-refractivity contribution < 1.29 is 13.9 Å². The zero-order valence-electron chi connectivity index (χ0n) is 15.6. The molecule has 0 atom stereocenters. The highest BCUT2D eigenvalue weighted by molar-refractivity contribution is 5.93. The fraction of sp³-hybridized carbons (Fsp3) is 0.200. The number of nitrogens with one attached hydrogen (secondary N) is 2. The lowest BCUT2D eigenvalue weighted by Crippen LogP contribution is -2.25. The number of nitrogens with zero attached hydrogens (tertiary/aromatic N) is 3. The lowest BCUT2D eigenvalue weighted by atomic mass is 10.1. The minimum Gasteiger partial charge on any atom is -0.385 e. The highest BCUT2D eigenvalue weighted by Gasteiger charge is 2.15. The maximum Gasteiger partial charge on any atom is 0.280 e. The standard InChI is InChI=1S/C20H18FN5O3/c1-29-8-2-7-23-19(27)14-4-6-18(24-11-14)26-20(28)16(12-25-26)15-5-3-13(10-22)9-17(15)21/h3-6,9,11-12,25H,2,7-8H2,1H3,(H,23,27). The van der Waals surface area contributed by atoms with Gasteiger partial charge in [-0.25, -0.2) is 14.1 Å². The first kappa shape index (κ1) is 20.0. The first-order valence-corrected chi connectivity index (χ1v) is 8.79. The molecule has 0 spiro atoms. The zero-order chi connectivity index (χ0) is 20.8. The van der Waals surface area contributed by atoms with E-state index in [0.717, 1.165) is 10.7 Å². The van der Waals surface area contributed by atoms with Crippen LogP contribution in [0.3, 0.4) is 0 Å². The fourth-order valence-corrected chi connectivity index (χ4v) is 2.71. The fourth-order valence-electron chi connectivity index (χ4n) is 2.71. The number of pyridine rings is 1. The summed E-state index contributed by atoms with van der Waals surface area (Å²) in [5, 5.41) is 14.3. The van der Waals surface area contributed by atoms with Crippen molar-refractivity contribution in [2.24, 2.45) is 0 Å². The van der Waals surface area contributed by atoms with Crippen molar-refractivity contribution >= 4 is 5.91 Å². The number of hydrogen-bond donors (Lipinski definition) is 2. The predicted octanol–water partition coefficient (Wildman–Crippen LogP) is 2.00. The number of aromatic amines is 1. The van der Waals surface area contributed by atoms with Crippen LogP contribution >= 0.6 is 0 Å². The molecule has 0 aliphatic rings. The molecule has 3 rings (SSSR count). The number of nitriles is 1. The van der Waals surface area contributed by atoms with Crippen molar-refractivity contribution in [1.82, 2.24) is 20.1 Å². The van der Waals surface area contributed by atoms with Gasteiger partial charge in [0.2, 0.25) is 0 Å². The number of carbonyl (C=O) groups is 1. The third-order valence-electron chi connectivity index (χ3n) is 4.21. The van der Waals surface area contributed by atoms with Gasteiger partial charge in [0, 0.05) is 38.2 Å². The van der Waals surface area contributed by atoms with Gasteiger partial charge in [-0.15, -0.1) is 0 Å². The maximum absolute atomic E-state index is 14.2. The van der Waals surface area contributed by atoms with E-state index in [4.69, 9.17) is 10.00 Å². The number of aromatic nitrogens is 3. The molecule has 9 heteroatoms. The van der Waals surface area contributed by atoms with Crippen molar-refractivity contribution in [2.75, 3.05) is 20.3 Å². The summed E-state index contributed by atoms with van der Waals surface area (Å²) in [5.41, 5.74) is 0.201. The van der Waals surface area contributed by atoms with Gasteiger partial charge in [-0.05, 0) is 36.8 Å². The van der Waals surface area contributed by atoms with Gasteiger partial charge in [0.1, 0.15) is 5.82 Å². The van der Waals surface area contributed by atoms with Gasteiger partial charge < -0.3 is 10.1 Å². The normalized spacial score (nSPS) is 10.5. The molecule has 0 aliphatic heterocycles. The summed E-state index contributed by atoms with van der Waals surface area (Å²) in [7, 11) is 1.59. The first-order chi connectivity index (χ1) is 14.0. The van der Waals surface area contributed by atoms with E-state index in [1.807, 2.05) is 6.07 Å². The molecule has 0 radical (unpaired) electrons. The summed E-state index contributed by atoms with van der Waals surface area (Å²) >= 11 is 0. The van der Waals surface area contributed by atoms with Gasteiger partial charge in [-0.1, -0.05) is 0 Å². The molecule has 2 N–H and O–H groups in total. The molecule has 3 aromatic rings. The van der Waals surface area contributed by atoms with Crippen LogP contribution in [0.25, 0.3) is 16.9 Å². The Labute approximate surface area is 165 Å². The van der Waals surface area contributed by atoms with Crippen molar-refractivity contribution in [3.63, 3.8) is 0 Å². The number of methoxy groups -OCH3 is 1.